The van der Waals surface area contributed by atoms with Crippen LogP contribution in [0, 0.1) is 0 Å². The Morgan fingerprint density at radius 1 is 1.10 bits per heavy atom. The second kappa shape index (κ2) is 7.08. The molecule has 0 aromatic carbocycles. The van der Waals surface area contributed by atoms with Gasteiger partial charge in [-0.2, -0.15) is 15.0 Å². The predicted octanol–water partition coefficient (Wildman–Crippen LogP) is 2.03. The number of rotatable bonds is 5. The van der Waals surface area contributed by atoms with E-state index in [1.54, 1.807) is 11.8 Å². The lowest BCUT2D eigenvalue weighted by atomic mass is 10.4. The van der Waals surface area contributed by atoms with Gasteiger partial charge in [-0.25, -0.2) is 0 Å². The topological polar surface area (TPSA) is 63.2 Å². The Hall–Kier alpha value is -1.08. The summed E-state index contributed by atoms with van der Waals surface area (Å²) in [6.07, 6.45) is 0. The van der Waals surface area contributed by atoms with Crippen molar-refractivity contribution in [3.8, 4) is 0 Å². The Kier molecular flexibility index (Phi) is 5.42. The lowest BCUT2D eigenvalue weighted by Gasteiger charge is -2.27. The third-order valence-corrected chi connectivity index (χ3v) is 3.52. The molecule has 112 valence electrons. The van der Waals surface area contributed by atoms with Gasteiger partial charge in [0.1, 0.15) is 0 Å². The first-order chi connectivity index (χ1) is 9.54. The maximum absolute atomic E-state index is 5.38. The number of nitrogens with one attached hydrogen (secondary N) is 1. The summed E-state index contributed by atoms with van der Waals surface area (Å²) in [6, 6.07) is 0.298. The van der Waals surface area contributed by atoms with E-state index < -0.39 is 0 Å². The van der Waals surface area contributed by atoms with Crippen molar-refractivity contribution >= 4 is 23.7 Å². The molecule has 2 rings (SSSR count). The SMILES string of the molecule is CC(C)Nc1nc(SC(C)C)nc(N2CCOCC2)n1. The quantitative estimate of drug-likeness (QED) is 0.834. The average molecular weight is 297 g/mol. The van der Waals surface area contributed by atoms with Crippen LogP contribution in [0.4, 0.5) is 11.9 Å². The first-order valence-corrected chi connectivity index (χ1v) is 7.94. The standard InChI is InChI=1S/C13H23N5OS/c1-9(2)14-11-15-12(18-5-7-19-8-6-18)17-13(16-11)20-10(3)4/h9-10H,5-8H2,1-4H3,(H,14,15,16,17). The Morgan fingerprint density at radius 3 is 2.40 bits per heavy atom. The van der Waals surface area contributed by atoms with Crippen LogP contribution < -0.4 is 10.2 Å². The molecule has 0 bridgehead atoms. The van der Waals surface area contributed by atoms with E-state index in [2.05, 4.69) is 52.9 Å². The maximum atomic E-state index is 5.38. The second-order valence-corrected chi connectivity index (χ2v) is 6.85. The summed E-state index contributed by atoms with van der Waals surface area (Å²) in [6.45, 7) is 11.5. The molecule has 0 atom stereocenters. The molecular formula is C13H23N5OS. The zero-order valence-corrected chi connectivity index (χ0v) is 13.4. The van der Waals surface area contributed by atoms with E-state index in [0.29, 0.717) is 17.2 Å². The van der Waals surface area contributed by atoms with Crippen LogP contribution >= 0.6 is 11.8 Å². The van der Waals surface area contributed by atoms with Crippen molar-refractivity contribution in [1.29, 1.82) is 0 Å². The monoisotopic (exact) mass is 297 g/mol. The van der Waals surface area contributed by atoms with Crippen LogP contribution in [0.2, 0.25) is 0 Å². The summed E-state index contributed by atoms with van der Waals surface area (Å²) in [4.78, 5) is 15.7. The van der Waals surface area contributed by atoms with Crippen LogP contribution in [0.1, 0.15) is 27.7 Å². The third kappa shape index (κ3) is 4.49. The Labute approximate surface area is 124 Å². The zero-order chi connectivity index (χ0) is 14.5. The molecule has 1 N–H and O–H groups in total. The molecule has 0 radical (unpaired) electrons. The van der Waals surface area contributed by atoms with Crippen molar-refractivity contribution in [2.45, 2.75) is 44.1 Å². The average Bonchev–Trinajstić information content (AvgIpc) is 2.38. The van der Waals surface area contributed by atoms with Gasteiger partial charge in [0.15, 0.2) is 5.16 Å². The Morgan fingerprint density at radius 2 is 1.80 bits per heavy atom. The lowest BCUT2D eigenvalue weighted by Crippen LogP contribution is -2.37. The third-order valence-electron chi connectivity index (χ3n) is 2.66. The smallest absolute Gasteiger partial charge is 0.231 e. The van der Waals surface area contributed by atoms with Gasteiger partial charge in [0.25, 0.3) is 0 Å². The number of ether oxygens (including phenoxy) is 1. The highest BCUT2D eigenvalue weighted by Crippen LogP contribution is 2.22. The van der Waals surface area contributed by atoms with Gasteiger partial charge in [0.05, 0.1) is 13.2 Å². The summed E-state index contributed by atoms with van der Waals surface area (Å²) < 4.78 is 5.38. The normalized spacial score (nSPS) is 16.0. The zero-order valence-electron chi connectivity index (χ0n) is 12.6. The summed E-state index contributed by atoms with van der Waals surface area (Å²) >= 11 is 1.66. The molecule has 1 saturated heterocycles. The van der Waals surface area contributed by atoms with Crippen LogP contribution in [0.15, 0.2) is 5.16 Å². The van der Waals surface area contributed by atoms with Crippen molar-refractivity contribution in [3.05, 3.63) is 0 Å². The molecule has 1 aromatic heterocycles. The fraction of sp³-hybridized carbons (Fsp3) is 0.769. The molecule has 1 aliphatic heterocycles. The fourth-order valence-electron chi connectivity index (χ4n) is 1.84. The Bertz CT molecular complexity index is 407. The van der Waals surface area contributed by atoms with Gasteiger partial charge < -0.3 is 15.0 Å². The van der Waals surface area contributed by atoms with Gasteiger partial charge in [-0.15, -0.1) is 0 Å². The molecule has 0 amide bonds. The molecule has 20 heavy (non-hydrogen) atoms. The number of nitrogens with zero attached hydrogens (tertiary/aromatic N) is 4. The minimum absolute atomic E-state index is 0.298. The summed E-state index contributed by atoms with van der Waals surface area (Å²) in [5.41, 5.74) is 0. The number of hydrogen-bond donors (Lipinski definition) is 1. The van der Waals surface area contributed by atoms with Gasteiger partial charge in [-0.1, -0.05) is 25.6 Å². The van der Waals surface area contributed by atoms with Crippen LogP contribution in [-0.2, 0) is 4.74 Å². The lowest BCUT2D eigenvalue weighted by molar-refractivity contribution is 0.122. The molecule has 0 spiro atoms. The highest BCUT2D eigenvalue weighted by molar-refractivity contribution is 7.99. The van der Waals surface area contributed by atoms with Crippen molar-refractivity contribution < 1.29 is 4.74 Å². The summed E-state index contributed by atoms with van der Waals surface area (Å²) in [5, 5.41) is 4.49. The number of aromatic nitrogens is 3. The van der Waals surface area contributed by atoms with Crippen molar-refractivity contribution in [2.75, 3.05) is 36.5 Å². The number of morpholine rings is 1. The molecule has 6 nitrogen and oxygen atoms in total. The first-order valence-electron chi connectivity index (χ1n) is 7.06. The number of hydrogen-bond acceptors (Lipinski definition) is 7. The first kappa shape index (κ1) is 15.3. The molecular weight excluding hydrogens is 274 g/mol. The molecule has 1 fully saturated rings. The molecule has 2 heterocycles. The van der Waals surface area contributed by atoms with Crippen LogP contribution in [-0.4, -0.2) is 52.5 Å². The van der Waals surface area contributed by atoms with E-state index in [1.165, 1.54) is 0 Å². The number of anilines is 2. The summed E-state index contributed by atoms with van der Waals surface area (Å²) in [5.74, 6) is 1.40. The molecule has 1 aliphatic rings. The van der Waals surface area contributed by atoms with Crippen LogP contribution in [0.5, 0.6) is 0 Å². The van der Waals surface area contributed by atoms with E-state index in [9.17, 15) is 0 Å². The van der Waals surface area contributed by atoms with Gasteiger partial charge in [0.2, 0.25) is 11.9 Å². The number of thioether (sulfide) groups is 1. The fourth-order valence-corrected chi connectivity index (χ4v) is 2.53. The van der Waals surface area contributed by atoms with E-state index in [1.807, 2.05) is 0 Å². The van der Waals surface area contributed by atoms with E-state index in [-0.39, 0.29) is 0 Å². The van der Waals surface area contributed by atoms with Crippen LogP contribution in [0.25, 0.3) is 0 Å². The largest absolute Gasteiger partial charge is 0.378 e. The van der Waals surface area contributed by atoms with E-state index in [4.69, 9.17) is 4.74 Å². The molecule has 0 aliphatic carbocycles. The maximum Gasteiger partial charge on any atom is 0.231 e. The van der Waals surface area contributed by atoms with Gasteiger partial charge >= 0.3 is 0 Å². The second-order valence-electron chi connectivity index (χ2n) is 5.31. The van der Waals surface area contributed by atoms with Gasteiger partial charge in [0, 0.05) is 24.4 Å². The minimum atomic E-state index is 0.298. The Balaban J connectivity index is 2.23. The van der Waals surface area contributed by atoms with Crippen molar-refractivity contribution in [2.24, 2.45) is 0 Å². The van der Waals surface area contributed by atoms with E-state index >= 15 is 0 Å². The molecule has 1 aromatic rings. The molecule has 7 heteroatoms. The molecule has 0 unspecified atom stereocenters. The highest BCUT2D eigenvalue weighted by Gasteiger charge is 2.17. The van der Waals surface area contributed by atoms with Crippen LogP contribution in [0.3, 0.4) is 0 Å². The van der Waals surface area contributed by atoms with Crippen molar-refractivity contribution in [1.82, 2.24) is 15.0 Å². The predicted molar refractivity (Wildman–Crippen MR) is 82.6 cm³/mol. The minimum Gasteiger partial charge on any atom is -0.378 e. The van der Waals surface area contributed by atoms with Crippen molar-refractivity contribution in [3.63, 3.8) is 0 Å². The summed E-state index contributed by atoms with van der Waals surface area (Å²) in [7, 11) is 0. The van der Waals surface area contributed by atoms with E-state index in [0.717, 1.165) is 37.4 Å². The van der Waals surface area contributed by atoms with Gasteiger partial charge in [-0.3, -0.25) is 0 Å². The van der Waals surface area contributed by atoms with Gasteiger partial charge in [-0.05, 0) is 13.8 Å². The molecule has 0 saturated carbocycles. The highest BCUT2D eigenvalue weighted by atomic mass is 32.2.